The van der Waals surface area contributed by atoms with E-state index in [1.165, 1.54) is 0 Å². The van der Waals surface area contributed by atoms with Gasteiger partial charge < -0.3 is 10.2 Å². The number of hydrogen-bond donors (Lipinski definition) is 1. The van der Waals surface area contributed by atoms with Crippen LogP contribution in [0.3, 0.4) is 0 Å². The summed E-state index contributed by atoms with van der Waals surface area (Å²) in [6, 6.07) is 7.64. The Balaban J connectivity index is 2.15. The zero-order chi connectivity index (χ0) is 14.0. The van der Waals surface area contributed by atoms with Crippen molar-refractivity contribution in [3.63, 3.8) is 0 Å². The van der Waals surface area contributed by atoms with Crippen molar-refractivity contribution in [2.24, 2.45) is 5.92 Å². The highest BCUT2D eigenvalue weighted by molar-refractivity contribution is 5.61. The molecule has 1 aliphatic rings. The molecule has 1 N–H and O–H groups in total. The van der Waals surface area contributed by atoms with Gasteiger partial charge in [0.25, 0.3) is 5.69 Å². The molecule has 1 aromatic rings. The standard InChI is InChI=1S/C14H21N3O2/c1-10-9-16(3)11(2)8-13(10)15-12-6-4-5-7-14(12)17(18)19/h4-7,10-11,13,15H,8-9H2,1-3H3. The van der Waals surface area contributed by atoms with E-state index in [9.17, 15) is 10.1 Å². The Kier molecular flexibility index (Phi) is 4.04. The molecule has 0 aliphatic carbocycles. The van der Waals surface area contributed by atoms with E-state index in [-0.39, 0.29) is 16.7 Å². The van der Waals surface area contributed by atoms with Crippen LogP contribution in [0.5, 0.6) is 0 Å². The molecule has 1 fully saturated rings. The van der Waals surface area contributed by atoms with Gasteiger partial charge in [-0.25, -0.2) is 0 Å². The Morgan fingerprint density at radius 2 is 2.05 bits per heavy atom. The number of rotatable bonds is 3. The maximum atomic E-state index is 11.0. The van der Waals surface area contributed by atoms with Gasteiger partial charge in [0.15, 0.2) is 0 Å². The highest BCUT2D eigenvalue weighted by atomic mass is 16.6. The van der Waals surface area contributed by atoms with Gasteiger partial charge in [-0.3, -0.25) is 10.1 Å². The Hall–Kier alpha value is -1.62. The van der Waals surface area contributed by atoms with Crippen LogP contribution in [0.15, 0.2) is 24.3 Å². The molecule has 3 unspecified atom stereocenters. The summed E-state index contributed by atoms with van der Waals surface area (Å²) in [4.78, 5) is 13.0. The van der Waals surface area contributed by atoms with Gasteiger partial charge in [0.05, 0.1) is 4.92 Å². The van der Waals surface area contributed by atoms with Crippen molar-refractivity contribution >= 4 is 11.4 Å². The Labute approximate surface area is 113 Å². The molecule has 2 rings (SSSR count). The molecule has 19 heavy (non-hydrogen) atoms. The molecule has 1 aromatic carbocycles. The SMILES string of the molecule is CC1CN(C)C(C)CC1Nc1ccccc1[N+](=O)[O-]. The molecule has 1 aliphatic heterocycles. The molecule has 0 spiro atoms. The average molecular weight is 263 g/mol. The van der Waals surface area contributed by atoms with E-state index in [1.807, 2.05) is 6.07 Å². The Bertz CT molecular complexity index is 464. The first-order valence-corrected chi connectivity index (χ1v) is 6.69. The lowest BCUT2D eigenvalue weighted by atomic mass is 9.89. The largest absolute Gasteiger partial charge is 0.376 e. The summed E-state index contributed by atoms with van der Waals surface area (Å²) in [5, 5.41) is 14.4. The molecule has 104 valence electrons. The second-order valence-electron chi connectivity index (χ2n) is 5.53. The van der Waals surface area contributed by atoms with Gasteiger partial charge in [0.2, 0.25) is 0 Å². The zero-order valence-electron chi connectivity index (χ0n) is 11.7. The van der Waals surface area contributed by atoms with Gasteiger partial charge in [-0.05, 0) is 32.4 Å². The van der Waals surface area contributed by atoms with Crippen LogP contribution in [-0.4, -0.2) is 35.5 Å². The van der Waals surface area contributed by atoms with Crippen molar-refractivity contribution in [3.8, 4) is 0 Å². The highest BCUT2D eigenvalue weighted by Crippen LogP contribution is 2.29. The van der Waals surface area contributed by atoms with Gasteiger partial charge in [0.1, 0.15) is 5.69 Å². The molecule has 5 heteroatoms. The second-order valence-corrected chi connectivity index (χ2v) is 5.53. The van der Waals surface area contributed by atoms with Gasteiger partial charge in [-0.1, -0.05) is 19.1 Å². The molecule has 1 saturated heterocycles. The summed E-state index contributed by atoms with van der Waals surface area (Å²) >= 11 is 0. The first-order valence-electron chi connectivity index (χ1n) is 6.69. The zero-order valence-corrected chi connectivity index (χ0v) is 11.7. The summed E-state index contributed by atoms with van der Waals surface area (Å²) in [6.07, 6.45) is 1.00. The second kappa shape index (κ2) is 5.57. The van der Waals surface area contributed by atoms with Crippen LogP contribution in [0, 0.1) is 16.0 Å². The number of para-hydroxylation sites is 2. The van der Waals surface area contributed by atoms with E-state index in [0.29, 0.717) is 17.6 Å². The summed E-state index contributed by atoms with van der Waals surface area (Å²) in [7, 11) is 2.13. The molecule has 0 radical (unpaired) electrons. The van der Waals surface area contributed by atoms with E-state index in [1.54, 1.807) is 18.2 Å². The van der Waals surface area contributed by atoms with Gasteiger partial charge in [0, 0.05) is 24.7 Å². The summed E-state index contributed by atoms with van der Waals surface area (Å²) in [5.41, 5.74) is 0.780. The fourth-order valence-corrected chi connectivity index (χ4v) is 2.70. The fourth-order valence-electron chi connectivity index (χ4n) is 2.70. The van der Waals surface area contributed by atoms with Crippen molar-refractivity contribution in [2.75, 3.05) is 18.9 Å². The number of anilines is 1. The normalized spacial score (nSPS) is 28.1. The number of nitrogens with zero attached hydrogens (tertiary/aromatic N) is 2. The first-order chi connectivity index (χ1) is 8.99. The number of likely N-dealkylation sites (tertiary alicyclic amines) is 1. The van der Waals surface area contributed by atoms with Crippen LogP contribution >= 0.6 is 0 Å². The third-order valence-corrected chi connectivity index (χ3v) is 4.05. The molecular formula is C14H21N3O2. The first kappa shape index (κ1) is 13.8. The van der Waals surface area contributed by atoms with Gasteiger partial charge in [-0.2, -0.15) is 0 Å². The van der Waals surface area contributed by atoms with Crippen molar-refractivity contribution in [3.05, 3.63) is 34.4 Å². The number of nitro benzene ring substituents is 1. The monoisotopic (exact) mass is 263 g/mol. The molecule has 3 atom stereocenters. The summed E-state index contributed by atoms with van der Waals surface area (Å²) < 4.78 is 0. The highest BCUT2D eigenvalue weighted by Gasteiger charge is 2.29. The lowest BCUT2D eigenvalue weighted by Gasteiger charge is -2.40. The molecule has 0 aromatic heterocycles. The third kappa shape index (κ3) is 3.04. The minimum absolute atomic E-state index is 0.154. The van der Waals surface area contributed by atoms with Crippen LogP contribution in [0.4, 0.5) is 11.4 Å². The predicted octanol–water partition coefficient (Wildman–Crippen LogP) is 2.74. The molecule has 0 saturated carbocycles. The van der Waals surface area contributed by atoms with E-state index in [2.05, 4.69) is 31.1 Å². The van der Waals surface area contributed by atoms with Crippen LogP contribution in [0.25, 0.3) is 0 Å². The van der Waals surface area contributed by atoms with Crippen LogP contribution < -0.4 is 5.32 Å². The number of nitro groups is 1. The minimum Gasteiger partial charge on any atom is -0.376 e. The van der Waals surface area contributed by atoms with Crippen molar-refractivity contribution < 1.29 is 4.92 Å². The van der Waals surface area contributed by atoms with E-state index >= 15 is 0 Å². The number of benzene rings is 1. The smallest absolute Gasteiger partial charge is 0.292 e. The van der Waals surface area contributed by atoms with Gasteiger partial charge in [-0.15, -0.1) is 0 Å². The van der Waals surface area contributed by atoms with E-state index < -0.39 is 0 Å². The Morgan fingerprint density at radius 3 is 2.74 bits per heavy atom. The minimum atomic E-state index is -0.328. The van der Waals surface area contributed by atoms with Crippen molar-refractivity contribution in [1.29, 1.82) is 0 Å². The summed E-state index contributed by atoms with van der Waals surface area (Å²) in [5.74, 6) is 0.473. The maximum Gasteiger partial charge on any atom is 0.292 e. The maximum absolute atomic E-state index is 11.0. The molecular weight excluding hydrogens is 242 g/mol. The topological polar surface area (TPSA) is 58.4 Å². The molecule has 0 amide bonds. The molecule has 1 heterocycles. The van der Waals surface area contributed by atoms with Crippen LogP contribution in [0.1, 0.15) is 20.3 Å². The number of hydrogen-bond acceptors (Lipinski definition) is 4. The molecule has 0 bridgehead atoms. The number of piperidine rings is 1. The molecule has 5 nitrogen and oxygen atoms in total. The lowest BCUT2D eigenvalue weighted by Crippen LogP contribution is -2.48. The third-order valence-electron chi connectivity index (χ3n) is 4.05. The predicted molar refractivity (Wildman–Crippen MR) is 76.4 cm³/mol. The van der Waals surface area contributed by atoms with Crippen molar-refractivity contribution in [1.82, 2.24) is 4.90 Å². The van der Waals surface area contributed by atoms with Crippen LogP contribution in [-0.2, 0) is 0 Å². The van der Waals surface area contributed by atoms with Crippen LogP contribution in [0.2, 0.25) is 0 Å². The van der Waals surface area contributed by atoms with Gasteiger partial charge >= 0.3 is 0 Å². The fraction of sp³-hybridized carbons (Fsp3) is 0.571. The number of nitrogens with one attached hydrogen (secondary N) is 1. The van der Waals surface area contributed by atoms with E-state index in [4.69, 9.17) is 0 Å². The summed E-state index contributed by atoms with van der Waals surface area (Å²) in [6.45, 7) is 5.40. The average Bonchev–Trinajstić information content (AvgIpc) is 2.36. The van der Waals surface area contributed by atoms with Crippen molar-refractivity contribution in [2.45, 2.75) is 32.4 Å². The Morgan fingerprint density at radius 1 is 1.37 bits per heavy atom. The lowest BCUT2D eigenvalue weighted by molar-refractivity contribution is -0.384. The quantitative estimate of drug-likeness (QED) is 0.673. The van der Waals surface area contributed by atoms with E-state index in [0.717, 1.165) is 13.0 Å².